The number of hydrogen-bond donors (Lipinski definition) is 0. The van der Waals surface area contributed by atoms with E-state index in [9.17, 15) is 4.79 Å². The van der Waals surface area contributed by atoms with Crippen LogP contribution in [-0.2, 0) is 9.53 Å². The van der Waals surface area contributed by atoms with Crippen LogP contribution in [0.4, 0.5) is 0 Å². The molecule has 0 aliphatic rings. The first kappa shape index (κ1) is 38.4. The predicted octanol–water partition coefficient (Wildman–Crippen LogP) is 10.2. The maximum absolute atomic E-state index is 12.1. The second-order valence-corrected chi connectivity index (χ2v) is 12.1. The van der Waals surface area contributed by atoms with Gasteiger partial charge in [0.15, 0.2) is 0 Å². The number of unbranched alkanes of at least 4 members (excludes halogenated alkanes) is 21. The summed E-state index contributed by atoms with van der Waals surface area (Å²) in [5.41, 5.74) is 0. The number of carbonyl (C=O) groups excluding carboxylic acids is 1. The Bertz CT molecular complexity index is 467. The normalized spacial score (nSPS) is 11.6. The van der Waals surface area contributed by atoms with E-state index in [1.807, 2.05) is 0 Å². The molecule has 0 aromatic carbocycles. The van der Waals surface area contributed by atoms with E-state index in [4.69, 9.17) is 4.74 Å². The van der Waals surface area contributed by atoms with Crippen molar-refractivity contribution in [2.45, 2.75) is 175 Å². The van der Waals surface area contributed by atoms with Crippen molar-refractivity contribution in [2.24, 2.45) is 0 Å². The number of ether oxygens (including phenoxy) is 1. The zero-order valence-corrected chi connectivity index (χ0v) is 27.4. The lowest BCUT2D eigenvalue weighted by Crippen LogP contribution is -2.39. The van der Waals surface area contributed by atoms with Gasteiger partial charge in [-0.2, -0.15) is 0 Å². The molecule has 0 heterocycles. The van der Waals surface area contributed by atoms with Gasteiger partial charge < -0.3 is 9.64 Å². The Labute approximate surface area is 246 Å². The topological polar surface area (TPSA) is 32.8 Å². The predicted molar refractivity (Wildman–Crippen MR) is 173 cm³/mol. The third kappa shape index (κ3) is 28.7. The Hall–Kier alpha value is -0.610. The Morgan fingerprint density at radius 3 is 1.03 bits per heavy atom. The largest absolute Gasteiger partial charge is 0.468 e. The van der Waals surface area contributed by atoms with Gasteiger partial charge >= 0.3 is 5.97 Å². The van der Waals surface area contributed by atoms with Crippen LogP contribution in [-0.4, -0.2) is 62.1 Å². The molecule has 0 rings (SSSR count). The smallest absolute Gasteiger partial charge is 0.319 e. The van der Waals surface area contributed by atoms with Crippen LogP contribution in [0, 0.1) is 0 Å². The molecule has 0 saturated heterocycles. The first-order valence-corrected chi connectivity index (χ1v) is 17.7. The molecule has 4 heteroatoms. The SMILES string of the molecule is CCCCCCCCCCCCN(CCN(CCCCCCCCC)CCCCCCCCC)CC(=O)OC. The second-order valence-electron chi connectivity index (χ2n) is 12.1. The van der Waals surface area contributed by atoms with Gasteiger partial charge in [-0.05, 0) is 38.9 Å². The first-order chi connectivity index (χ1) is 19.2. The van der Waals surface area contributed by atoms with Crippen LogP contribution in [0.3, 0.4) is 0 Å². The molecule has 4 nitrogen and oxygen atoms in total. The van der Waals surface area contributed by atoms with E-state index in [1.165, 1.54) is 174 Å². The van der Waals surface area contributed by atoms with Gasteiger partial charge in [0.25, 0.3) is 0 Å². The van der Waals surface area contributed by atoms with Crippen molar-refractivity contribution < 1.29 is 9.53 Å². The maximum atomic E-state index is 12.1. The Balaban J connectivity index is 4.43. The molecule has 39 heavy (non-hydrogen) atoms. The number of carbonyl (C=O) groups is 1. The molecule has 234 valence electrons. The van der Waals surface area contributed by atoms with Crippen molar-refractivity contribution in [3.8, 4) is 0 Å². The fourth-order valence-electron chi connectivity index (χ4n) is 5.54. The van der Waals surface area contributed by atoms with Crippen LogP contribution >= 0.6 is 0 Å². The van der Waals surface area contributed by atoms with Gasteiger partial charge in [-0.3, -0.25) is 9.69 Å². The fraction of sp³-hybridized carbons (Fsp3) is 0.971. The van der Waals surface area contributed by atoms with E-state index in [0.29, 0.717) is 6.54 Å². The van der Waals surface area contributed by atoms with Gasteiger partial charge in [0.2, 0.25) is 0 Å². The molecule has 0 aromatic rings. The Kier molecular flexibility index (Phi) is 31.4. The van der Waals surface area contributed by atoms with Crippen molar-refractivity contribution in [2.75, 3.05) is 46.4 Å². The maximum Gasteiger partial charge on any atom is 0.319 e. The third-order valence-corrected chi connectivity index (χ3v) is 8.30. The summed E-state index contributed by atoms with van der Waals surface area (Å²) in [7, 11) is 1.52. The molecular weight excluding hydrogens is 480 g/mol. The molecule has 0 aliphatic heterocycles. The lowest BCUT2D eigenvalue weighted by atomic mass is 10.1. The van der Waals surface area contributed by atoms with Crippen molar-refractivity contribution in [3.05, 3.63) is 0 Å². The molecule has 0 amide bonds. The summed E-state index contributed by atoms with van der Waals surface area (Å²) in [4.78, 5) is 17.2. The lowest BCUT2D eigenvalue weighted by molar-refractivity contribution is -0.142. The summed E-state index contributed by atoms with van der Waals surface area (Å²) in [6.45, 7) is 12.8. The molecule has 0 atom stereocenters. The highest BCUT2D eigenvalue weighted by Crippen LogP contribution is 2.12. The summed E-state index contributed by atoms with van der Waals surface area (Å²) in [6, 6.07) is 0. The van der Waals surface area contributed by atoms with E-state index < -0.39 is 0 Å². The molecule has 0 aliphatic carbocycles. The average Bonchev–Trinajstić information content (AvgIpc) is 2.94. The Morgan fingerprint density at radius 2 is 0.692 bits per heavy atom. The lowest BCUT2D eigenvalue weighted by Gasteiger charge is -2.27. The molecule has 0 aromatic heterocycles. The summed E-state index contributed by atoms with van der Waals surface area (Å²) >= 11 is 0. The van der Waals surface area contributed by atoms with E-state index in [0.717, 1.165) is 19.6 Å². The van der Waals surface area contributed by atoms with E-state index in [1.54, 1.807) is 0 Å². The summed E-state index contributed by atoms with van der Waals surface area (Å²) in [5, 5.41) is 0. The summed E-state index contributed by atoms with van der Waals surface area (Å²) in [5.74, 6) is -0.0900. The monoisotopic (exact) mass is 553 g/mol. The van der Waals surface area contributed by atoms with Crippen molar-refractivity contribution in [3.63, 3.8) is 0 Å². The number of hydrogen-bond acceptors (Lipinski definition) is 4. The quantitative estimate of drug-likeness (QED) is 0.0614. The standard InChI is InChI=1S/C35H72N2O2/c1-5-8-11-14-17-18-19-22-25-28-31-37(34-35(38)39-4)33-32-36(29-26-23-20-15-12-9-6-2)30-27-24-21-16-13-10-7-3/h5-34H2,1-4H3. The van der Waals surface area contributed by atoms with Crippen molar-refractivity contribution in [1.29, 1.82) is 0 Å². The van der Waals surface area contributed by atoms with Crippen LogP contribution in [0.1, 0.15) is 175 Å². The highest BCUT2D eigenvalue weighted by Gasteiger charge is 2.13. The highest BCUT2D eigenvalue weighted by molar-refractivity contribution is 5.71. The van der Waals surface area contributed by atoms with E-state index in [2.05, 4.69) is 30.6 Å². The van der Waals surface area contributed by atoms with Crippen LogP contribution in [0.2, 0.25) is 0 Å². The Morgan fingerprint density at radius 1 is 0.410 bits per heavy atom. The fourth-order valence-corrected chi connectivity index (χ4v) is 5.54. The number of rotatable bonds is 32. The summed E-state index contributed by atoms with van der Waals surface area (Å²) < 4.78 is 5.03. The van der Waals surface area contributed by atoms with Crippen molar-refractivity contribution >= 4 is 5.97 Å². The molecule has 0 radical (unpaired) electrons. The van der Waals surface area contributed by atoms with Gasteiger partial charge in [0.1, 0.15) is 0 Å². The number of esters is 1. The molecular formula is C35H72N2O2. The summed E-state index contributed by atoms with van der Waals surface area (Å²) in [6.07, 6.45) is 32.7. The first-order valence-electron chi connectivity index (χ1n) is 17.7. The number of nitrogens with zero attached hydrogens (tertiary/aromatic N) is 2. The van der Waals surface area contributed by atoms with Gasteiger partial charge in [-0.25, -0.2) is 0 Å². The molecule has 0 fully saturated rings. The average molecular weight is 553 g/mol. The zero-order chi connectivity index (χ0) is 28.7. The van der Waals surface area contributed by atoms with Crippen LogP contribution in [0.5, 0.6) is 0 Å². The van der Waals surface area contributed by atoms with E-state index in [-0.39, 0.29) is 5.97 Å². The van der Waals surface area contributed by atoms with Crippen LogP contribution in [0.15, 0.2) is 0 Å². The van der Waals surface area contributed by atoms with Crippen molar-refractivity contribution in [1.82, 2.24) is 9.80 Å². The minimum Gasteiger partial charge on any atom is -0.468 e. The minimum absolute atomic E-state index is 0.0900. The molecule has 0 N–H and O–H groups in total. The van der Waals surface area contributed by atoms with Crippen LogP contribution in [0.25, 0.3) is 0 Å². The van der Waals surface area contributed by atoms with E-state index >= 15 is 0 Å². The van der Waals surface area contributed by atoms with Gasteiger partial charge in [0.05, 0.1) is 13.7 Å². The number of methoxy groups -OCH3 is 1. The molecule has 0 saturated carbocycles. The zero-order valence-electron chi connectivity index (χ0n) is 27.4. The minimum atomic E-state index is -0.0900. The van der Waals surface area contributed by atoms with Gasteiger partial charge in [-0.15, -0.1) is 0 Å². The van der Waals surface area contributed by atoms with Gasteiger partial charge in [-0.1, -0.05) is 156 Å². The van der Waals surface area contributed by atoms with Gasteiger partial charge in [0, 0.05) is 13.1 Å². The second kappa shape index (κ2) is 31.9. The molecule has 0 spiro atoms. The molecule has 0 unspecified atom stereocenters. The highest BCUT2D eigenvalue weighted by atomic mass is 16.5. The third-order valence-electron chi connectivity index (χ3n) is 8.30. The molecule has 0 bridgehead atoms. The van der Waals surface area contributed by atoms with Crippen LogP contribution < -0.4 is 0 Å².